The van der Waals surface area contributed by atoms with Gasteiger partial charge in [-0.15, -0.1) is 0 Å². The summed E-state index contributed by atoms with van der Waals surface area (Å²) in [5, 5.41) is 3.08. The van der Waals surface area contributed by atoms with E-state index in [1.807, 2.05) is 52.0 Å². The quantitative estimate of drug-likeness (QED) is 0.729. The summed E-state index contributed by atoms with van der Waals surface area (Å²) in [5.74, 6) is 0.466. The Kier molecular flexibility index (Phi) is 7.66. The van der Waals surface area contributed by atoms with E-state index >= 15 is 0 Å². The molecule has 1 aromatic carbocycles. The predicted octanol–water partition coefficient (Wildman–Crippen LogP) is 4.09. The fourth-order valence-corrected chi connectivity index (χ4v) is 3.68. The second-order valence-electron chi connectivity index (χ2n) is 8.97. The van der Waals surface area contributed by atoms with Crippen LogP contribution in [0.2, 0.25) is 0 Å². The van der Waals surface area contributed by atoms with Crippen molar-refractivity contribution in [2.45, 2.75) is 52.7 Å². The number of amides is 2. The average molecular weight is 440 g/mol. The number of ether oxygens (including phenoxy) is 1. The van der Waals surface area contributed by atoms with Gasteiger partial charge in [-0.1, -0.05) is 18.2 Å². The van der Waals surface area contributed by atoms with Gasteiger partial charge in [-0.3, -0.25) is 4.79 Å². The smallest absolute Gasteiger partial charge is 0.410 e. The van der Waals surface area contributed by atoms with Gasteiger partial charge in [0.05, 0.1) is 12.5 Å². The lowest BCUT2D eigenvalue weighted by Crippen LogP contribution is -2.41. The Labute approximate surface area is 190 Å². The molecule has 1 aliphatic rings. The van der Waals surface area contributed by atoms with Crippen molar-refractivity contribution in [1.82, 2.24) is 14.9 Å². The van der Waals surface area contributed by atoms with E-state index in [2.05, 4.69) is 20.2 Å². The number of piperidine rings is 1. The molecule has 1 fully saturated rings. The molecule has 1 aliphatic heterocycles. The number of nitrogens with one attached hydrogen (secondary N) is 1. The summed E-state index contributed by atoms with van der Waals surface area (Å²) in [6.07, 6.45) is 4.78. The second kappa shape index (κ2) is 10.4. The zero-order valence-corrected chi connectivity index (χ0v) is 19.4. The van der Waals surface area contributed by atoms with Crippen molar-refractivity contribution in [3.8, 4) is 0 Å². The Morgan fingerprint density at radius 1 is 1.19 bits per heavy atom. The first kappa shape index (κ1) is 23.5. The van der Waals surface area contributed by atoms with Gasteiger partial charge in [0.2, 0.25) is 11.9 Å². The highest BCUT2D eigenvalue weighted by molar-refractivity contribution is 5.93. The molecule has 2 heterocycles. The van der Waals surface area contributed by atoms with Gasteiger partial charge in [0, 0.05) is 37.7 Å². The normalized spacial score (nSPS) is 16.4. The molecule has 2 aromatic rings. The molecule has 1 N–H and O–H groups in total. The van der Waals surface area contributed by atoms with Crippen LogP contribution in [0.15, 0.2) is 42.7 Å². The molecule has 0 saturated carbocycles. The van der Waals surface area contributed by atoms with Gasteiger partial charge >= 0.3 is 6.09 Å². The number of carbonyl (C=O) groups is 2. The van der Waals surface area contributed by atoms with Gasteiger partial charge < -0.3 is 19.9 Å². The maximum atomic E-state index is 13.1. The summed E-state index contributed by atoms with van der Waals surface area (Å²) < 4.78 is 5.52. The van der Waals surface area contributed by atoms with Gasteiger partial charge in [-0.05, 0) is 58.2 Å². The van der Waals surface area contributed by atoms with E-state index in [0.717, 1.165) is 24.9 Å². The van der Waals surface area contributed by atoms with Crippen LogP contribution in [0.25, 0.3) is 0 Å². The van der Waals surface area contributed by atoms with Crippen molar-refractivity contribution in [1.29, 1.82) is 0 Å². The van der Waals surface area contributed by atoms with Crippen LogP contribution >= 0.6 is 0 Å². The fourth-order valence-electron chi connectivity index (χ4n) is 3.68. The number of aromatic nitrogens is 2. The van der Waals surface area contributed by atoms with Crippen LogP contribution in [-0.2, 0) is 16.1 Å². The van der Waals surface area contributed by atoms with Crippen LogP contribution in [0.1, 0.15) is 46.1 Å². The molecule has 0 radical (unpaired) electrons. The molecule has 3 rings (SSSR count). The first-order valence-corrected chi connectivity index (χ1v) is 11.2. The number of hydrogen-bond acceptors (Lipinski definition) is 6. The molecular formula is C24H33N5O3. The van der Waals surface area contributed by atoms with Crippen molar-refractivity contribution in [2.75, 3.05) is 29.9 Å². The number of hydrogen-bond donors (Lipinski definition) is 1. The highest BCUT2D eigenvalue weighted by Gasteiger charge is 2.28. The molecule has 0 aliphatic carbocycles. The molecule has 1 aromatic heterocycles. The van der Waals surface area contributed by atoms with Gasteiger partial charge in [-0.25, -0.2) is 14.8 Å². The first-order valence-electron chi connectivity index (χ1n) is 11.2. The SMILES string of the molecule is CCN(Cc1ccccc1NC(=O)C1CCCN(c2ncccn2)C1)C(=O)OC(C)(C)C. The second-order valence-corrected chi connectivity index (χ2v) is 8.97. The number of carbonyl (C=O) groups excluding carboxylic acids is 2. The summed E-state index contributed by atoms with van der Waals surface area (Å²) in [4.78, 5) is 37.9. The summed E-state index contributed by atoms with van der Waals surface area (Å²) in [6.45, 7) is 9.74. The van der Waals surface area contributed by atoms with Crippen LogP contribution in [0.3, 0.4) is 0 Å². The van der Waals surface area contributed by atoms with Crippen LogP contribution in [0.4, 0.5) is 16.4 Å². The summed E-state index contributed by atoms with van der Waals surface area (Å²) in [7, 11) is 0. The zero-order valence-electron chi connectivity index (χ0n) is 19.4. The van der Waals surface area contributed by atoms with Crippen molar-refractivity contribution in [3.63, 3.8) is 0 Å². The fraction of sp³-hybridized carbons (Fsp3) is 0.500. The molecule has 8 nitrogen and oxygen atoms in total. The van der Waals surface area contributed by atoms with Gasteiger partial charge in [0.1, 0.15) is 5.60 Å². The Hall–Kier alpha value is -3.16. The first-order chi connectivity index (χ1) is 15.3. The third kappa shape index (κ3) is 6.42. The molecule has 1 saturated heterocycles. The van der Waals surface area contributed by atoms with Crippen molar-refractivity contribution < 1.29 is 14.3 Å². The largest absolute Gasteiger partial charge is 0.444 e. The highest BCUT2D eigenvalue weighted by Crippen LogP contribution is 2.24. The minimum Gasteiger partial charge on any atom is -0.444 e. The minimum absolute atomic E-state index is 0.0293. The number of rotatable bonds is 6. The van der Waals surface area contributed by atoms with Gasteiger partial charge in [0.15, 0.2) is 0 Å². The maximum Gasteiger partial charge on any atom is 0.410 e. The number of nitrogens with zero attached hydrogens (tertiary/aromatic N) is 4. The molecule has 0 spiro atoms. The topological polar surface area (TPSA) is 87.7 Å². The third-order valence-electron chi connectivity index (χ3n) is 5.30. The Morgan fingerprint density at radius 2 is 1.91 bits per heavy atom. The van der Waals surface area contributed by atoms with E-state index in [9.17, 15) is 9.59 Å². The Morgan fingerprint density at radius 3 is 2.59 bits per heavy atom. The molecule has 1 unspecified atom stereocenters. The number of anilines is 2. The number of benzene rings is 1. The van der Waals surface area contributed by atoms with Crippen molar-refractivity contribution in [3.05, 3.63) is 48.3 Å². The van der Waals surface area contributed by atoms with E-state index in [1.54, 1.807) is 23.4 Å². The lowest BCUT2D eigenvalue weighted by molar-refractivity contribution is -0.120. The summed E-state index contributed by atoms with van der Waals surface area (Å²) >= 11 is 0. The van der Waals surface area contributed by atoms with E-state index < -0.39 is 5.60 Å². The van der Waals surface area contributed by atoms with Crippen molar-refractivity contribution in [2.24, 2.45) is 5.92 Å². The lowest BCUT2D eigenvalue weighted by atomic mass is 9.97. The predicted molar refractivity (Wildman–Crippen MR) is 124 cm³/mol. The summed E-state index contributed by atoms with van der Waals surface area (Å²) in [6, 6.07) is 9.37. The van der Waals surface area contributed by atoms with Crippen molar-refractivity contribution >= 4 is 23.6 Å². The Balaban J connectivity index is 1.67. The van der Waals surface area contributed by atoms with Crippen LogP contribution in [0.5, 0.6) is 0 Å². The van der Waals surface area contributed by atoms with E-state index in [-0.39, 0.29) is 17.9 Å². The molecule has 1 atom stereocenters. The van der Waals surface area contributed by atoms with Gasteiger partial charge in [-0.2, -0.15) is 0 Å². The third-order valence-corrected chi connectivity index (χ3v) is 5.30. The molecule has 32 heavy (non-hydrogen) atoms. The zero-order chi connectivity index (χ0) is 23.1. The van der Waals surface area contributed by atoms with Crippen LogP contribution in [-0.4, -0.2) is 52.1 Å². The van der Waals surface area contributed by atoms with E-state index in [1.165, 1.54) is 0 Å². The molecule has 172 valence electrons. The molecule has 2 amide bonds. The van der Waals surface area contributed by atoms with E-state index in [4.69, 9.17) is 4.74 Å². The number of para-hydroxylation sites is 1. The van der Waals surface area contributed by atoms with Crippen LogP contribution < -0.4 is 10.2 Å². The average Bonchev–Trinajstić information content (AvgIpc) is 2.78. The van der Waals surface area contributed by atoms with Gasteiger partial charge in [0.25, 0.3) is 0 Å². The lowest BCUT2D eigenvalue weighted by Gasteiger charge is -2.32. The molecular weight excluding hydrogens is 406 g/mol. The van der Waals surface area contributed by atoms with E-state index in [0.29, 0.717) is 31.3 Å². The maximum absolute atomic E-state index is 13.1. The molecule has 0 bridgehead atoms. The molecule has 8 heteroatoms. The highest BCUT2D eigenvalue weighted by atomic mass is 16.6. The monoisotopic (exact) mass is 439 g/mol. The summed E-state index contributed by atoms with van der Waals surface area (Å²) in [5.41, 5.74) is 1.02. The minimum atomic E-state index is -0.562. The van der Waals surface area contributed by atoms with Crippen LogP contribution in [0, 0.1) is 5.92 Å². The Bertz CT molecular complexity index is 913. The standard InChI is InChI=1S/C24H33N5O3/c1-5-28(23(31)32-24(2,3)4)16-18-10-6-7-12-20(18)27-21(30)19-11-8-15-29(17-19)22-25-13-9-14-26-22/h6-7,9-10,12-14,19H,5,8,11,15-17H2,1-4H3,(H,27,30).